The molecule has 0 bridgehead atoms. The van der Waals surface area contributed by atoms with E-state index in [0.29, 0.717) is 17.1 Å². The predicted molar refractivity (Wildman–Crippen MR) is 298 cm³/mol. The summed E-state index contributed by atoms with van der Waals surface area (Å²) in [6.07, 6.45) is 5.29. The monoisotopic (exact) mass is 1150 g/mol. The third-order valence-electron chi connectivity index (χ3n) is 13.1. The van der Waals surface area contributed by atoms with Gasteiger partial charge in [0.2, 0.25) is 0 Å². The number of fused-ring (bicyclic) bond motifs is 3. The van der Waals surface area contributed by atoms with Crippen LogP contribution >= 0.6 is 0 Å². The number of pyridine rings is 1. The third-order valence-corrected chi connectivity index (χ3v) is 13.1. The molecule has 0 N–H and O–H groups in total. The summed E-state index contributed by atoms with van der Waals surface area (Å²) < 4.78 is 101. The van der Waals surface area contributed by atoms with Crippen LogP contribution < -0.4 is 9.42 Å². The summed E-state index contributed by atoms with van der Waals surface area (Å²) in [7, 11) is 0. The van der Waals surface area contributed by atoms with Crippen molar-refractivity contribution in [1.29, 1.82) is 0 Å². The second-order valence-electron chi connectivity index (χ2n) is 21.3. The first kappa shape index (κ1) is 38.9. The van der Waals surface area contributed by atoms with Gasteiger partial charge in [-0.3, -0.25) is 0 Å². The SMILES string of the molecule is [2H]c1c([2H])c([2H])c(-c2cccc(-c3c([2H])c([2H])c([2H])c([2H])c3[2H])c2-c2n[n+](-c3cc(C(C)(C)C)cc(C(C)(C)C)c3)[c-]n2-c2[c-]c(Oc3[c-]c4c(cc3)c3cc(-c5ccccc5)ccc3n4-c3cc(C(C)(C)C)ccn3)ccc2)c([2H])c1[2H].[Pt]. The number of hydrogen-bond donors (Lipinski definition) is 0. The zero-order valence-corrected chi connectivity index (χ0v) is 44.9. The minimum absolute atomic E-state index is 0. The molecule has 0 aliphatic heterocycles. The Kier molecular flexibility index (Phi) is 10.3. The number of ether oxygens (including phenoxy) is 1. The Balaban J connectivity index is 0.00000786. The summed E-state index contributed by atoms with van der Waals surface area (Å²) in [5, 5.41) is 7.23. The Morgan fingerprint density at radius 3 is 1.80 bits per heavy atom. The van der Waals surface area contributed by atoms with Crippen LogP contribution in [0.15, 0.2) is 194 Å². The van der Waals surface area contributed by atoms with Crippen LogP contribution in [0.25, 0.3) is 83.8 Å². The molecule has 0 radical (unpaired) electrons. The quantitative estimate of drug-likeness (QED) is 0.107. The van der Waals surface area contributed by atoms with Gasteiger partial charge in [-0.15, -0.1) is 34.8 Å². The molecule has 0 saturated heterocycles. The number of rotatable bonds is 9. The van der Waals surface area contributed by atoms with E-state index in [1.165, 1.54) is 0 Å². The summed E-state index contributed by atoms with van der Waals surface area (Å²) in [6, 6.07) is 42.4. The molecule has 11 rings (SSSR count). The molecule has 3 heterocycles. The molecule has 0 spiro atoms. The van der Waals surface area contributed by atoms with Crippen LogP contribution in [0.2, 0.25) is 0 Å². The normalized spacial score (nSPS) is 13.9. The van der Waals surface area contributed by atoms with Crippen LogP contribution in [0, 0.1) is 18.5 Å². The fourth-order valence-electron chi connectivity index (χ4n) is 9.11. The molecule has 370 valence electrons. The Bertz CT molecular complexity index is 4260. The molecule has 0 aliphatic carbocycles. The molecule has 0 amide bonds. The number of hydrogen-bond acceptors (Lipinski definition) is 3. The van der Waals surface area contributed by atoms with Crippen LogP contribution in [-0.4, -0.2) is 19.2 Å². The van der Waals surface area contributed by atoms with Gasteiger partial charge in [0.1, 0.15) is 5.82 Å². The van der Waals surface area contributed by atoms with Crippen LogP contribution in [-0.2, 0) is 37.3 Å². The molecule has 8 aromatic carbocycles. The Morgan fingerprint density at radius 2 is 1.16 bits per heavy atom. The van der Waals surface area contributed by atoms with Gasteiger partial charge in [0.15, 0.2) is 5.82 Å². The average Bonchev–Trinajstić information content (AvgIpc) is 1.49. The van der Waals surface area contributed by atoms with Gasteiger partial charge in [0.25, 0.3) is 6.33 Å². The maximum Gasteiger partial charge on any atom is 0.272 e. The molecule has 11 aromatic rings. The number of aromatic nitrogens is 5. The zero-order chi connectivity index (χ0) is 59.4. The summed E-state index contributed by atoms with van der Waals surface area (Å²) in [4.78, 5) is 4.91. The molecule has 3 aromatic heterocycles. The van der Waals surface area contributed by atoms with E-state index in [2.05, 4.69) is 128 Å². The van der Waals surface area contributed by atoms with Gasteiger partial charge in [-0.05, 0) is 89.9 Å². The molecule has 7 heteroatoms. The van der Waals surface area contributed by atoms with E-state index >= 15 is 0 Å². The summed E-state index contributed by atoms with van der Waals surface area (Å²) >= 11 is 0. The zero-order valence-electron chi connectivity index (χ0n) is 52.7. The van der Waals surface area contributed by atoms with Crippen molar-refractivity contribution in [1.82, 2.24) is 19.2 Å². The van der Waals surface area contributed by atoms with Gasteiger partial charge >= 0.3 is 0 Å². The molecule has 0 fully saturated rings. The van der Waals surface area contributed by atoms with Crippen molar-refractivity contribution in [2.75, 3.05) is 0 Å². The van der Waals surface area contributed by atoms with E-state index in [9.17, 15) is 5.48 Å². The van der Waals surface area contributed by atoms with Crippen molar-refractivity contribution in [3.8, 4) is 73.5 Å². The van der Waals surface area contributed by atoms with Crippen LogP contribution in [0.5, 0.6) is 11.5 Å². The maximum absolute atomic E-state index is 9.27. The van der Waals surface area contributed by atoms with Crippen molar-refractivity contribution in [2.24, 2.45) is 0 Å². The molecule has 6 nitrogen and oxygen atoms in total. The van der Waals surface area contributed by atoms with Crippen molar-refractivity contribution in [3.05, 3.63) is 229 Å². The summed E-state index contributed by atoms with van der Waals surface area (Å²) in [6.45, 7) is 19.2. The van der Waals surface area contributed by atoms with Crippen molar-refractivity contribution < 1.29 is 44.2 Å². The minimum Gasteiger partial charge on any atom is -0.510 e. The summed E-state index contributed by atoms with van der Waals surface area (Å²) in [5.41, 5.74) is 7.02. The third kappa shape index (κ3) is 9.79. The predicted octanol–water partition coefficient (Wildman–Crippen LogP) is 16.4. The topological polar surface area (TPSA) is 48.8 Å². The fourth-order valence-corrected chi connectivity index (χ4v) is 9.11. The second kappa shape index (κ2) is 19.6. The van der Waals surface area contributed by atoms with E-state index in [-0.39, 0.29) is 76.7 Å². The molecular formula is C67H59N5OPt-2. The minimum atomic E-state index is -0.596. The number of nitrogens with zero attached hydrogens (tertiary/aromatic N) is 5. The van der Waals surface area contributed by atoms with E-state index in [1.807, 2.05) is 54.7 Å². The first-order chi connectivity index (χ1) is 39.2. The standard InChI is InChI=1S/C67H59N5O.Pt/c1-65(2,3)49-35-36-68-62(41-49)72-60-34-31-48(45-21-13-10-14-22-45)37-59(60)58-33-32-55(43-61(58)72)73-54-28-19-27-52(42-54)70-44-71(53-39-50(66(4,5)6)38-51(40-53)67(7,8)9)69-64(70)63-56(46-23-15-11-16-24-46)29-20-30-57(63)47-25-17-12-18-26-47;/h10-41H,1-9H3;/q-2;/i11D,12D,15D,16D,17D,18D,23D,24D,25D,26D;. The average molecular weight is 1160 g/mol. The van der Waals surface area contributed by atoms with Crippen molar-refractivity contribution >= 4 is 21.8 Å². The van der Waals surface area contributed by atoms with Gasteiger partial charge in [-0.2, -0.15) is 22.9 Å². The van der Waals surface area contributed by atoms with Crippen LogP contribution in [0.4, 0.5) is 0 Å². The van der Waals surface area contributed by atoms with Gasteiger partial charge in [0, 0.05) is 49.8 Å². The Morgan fingerprint density at radius 1 is 0.541 bits per heavy atom. The molecule has 0 unspecified atom stereocenters. The van der Waals surface area contributed by atoms with Gasteiger partial charge in [0.05, 0.1) is 19.4 Å². The first-order valence-electron chi connectivity index (χ1n) is 29.3. The van der Waals surface area contributed by atoms with Gasteiger partial charge < -0.3 is 13.9 Å². The molecule has 74 heavy (non-hydrogen) atoms. The first-order valence-corrected chi connectivity index (χ1v) is 24.3. The van der Waals surface area contributed by atoms with Gasteiger partial charge in [-0.1, -0.05) is 213 Å². The van der Waals surface area contributed by atoms with Gasteiger partial charge in [-0.25, -0.2) is 4.98 Å². The molecule has 0 saturated carbocycles. The largest absolute Gasteiger partial charge is 0.510 e. The van der Waals surface area contributed by atoms with E-state index in [4.69, 9.17) is 23.0 Å². The fraction of sp³-hybridized carbons (Fsp3) is 0.179. The molecular weight excluding hydrogens is 1090 g/mol. The molecule has 0 aliphatic rings. The van der Waals surface area contributed by atoms with Crippen molar-refractivity contribution in [3.63, 3.8) is 0 Å². The smallest absolute Gasteiger partial charge is 0.272 e. The summed E-state index contributed by atoms with van der Waals surface area (Å²) in [5.74, 6) is 1.43. The van der Waals surface area contributed by atoms with E-state index in [1.54, 1.807) is 45.6 Å². The maximum atomic E-state index is 9.27. The molecule has 0 atom stereocenters. The Hall–Kier alpha value is -7.66. The van der Waals surface area contributed by atoms with Crippen LogP contribution in [0.1, 0.15) is 92.7 Å². The van der Waals surface area contributed by atoms with E-state index in [0.717, 1.165) is 55.4 Å². The second-order valence-corrected chi connectivity index (χ2v) is 21.3. The Labute approximate surface area is 464 Å². The van der Waals surface area contributed by atoms with Crippen molar-refractivity contribution in [2.45, 2.75) is 78.6 Å². The van der Waals surface area contributed by atoms with E-state index < -0.39 is 60.4 Å². The number of benzene rings is 8. The van der Waals surface area contributed by atoms with Crippen LogP contribution in [0.3, 0.4) is 0 Å².